The Morgan fingerprint density at radius 1 is 1.28 bits per heavy atom. The molecule has 0 saturated carbocycles. The summed E-state index contributed by atoms with van der Waals surface area (Å²) in [5, 5.41) is 2.55. The second kappa shape index (κ2) is 4.91. The Hall–Kier alpha value is -2.30. The smallest absolute Gasteiger partial charge is 0.328 e. The van der Waals surface area contributed by atoms with Crippen LogP contribution in [0.1, 0.15) is 12.5 Å². The van der Waals surface area contributed by atoms with Crippen molar-refractivity contribution < 1.29 is 14.3 Å². The van der Waals surface area contributed by atoms with Crippen LogP contribution in [0.4, 0.5) is 4.79 Å². The van der Waals surface area contributed by atoms with E-state index in [1.54, 1.807) is 32.2 Å². The zero-order valence-electron chi connectivity index (χ0n) is 10.3. The summed E-state index contributed by atoms with van der Waals surface area (Å²) in [6.07, 6.45) is 1.65. The number of amides is 3. The third-order valence-corrected chi connectivity index (χ3v) is 2.71. The van der Waals surface area contributed by atoms with Crippen molar-refractivity contribution in [2.75, 3.05) is 13.7 Å². The molecule has 1 saturated heterocycles. The predicted molar refractivity (Wildman–Crippen MR) is 66.9 cm³/mol. The number of hydrogen-bond acceptors (Lipinski definition) is 3. The van der Waals surface area contributed by atoms with E-state index in [4.69, 9.17) is 4.74 Å². The Bertz CT molecular complexity index is 505. The minimum atomic E-state index is -0.373. The third kappa shape index (κ3) is 2.20. The van der Waals surface area contributed by atoms with E-state index in [-0.39, 0.29) is 11.9 Å². The van der Waals surface area contributed by atoms with Gasteiger partial charge in [0.2, 0.25) is 0 Å². The lowest BCUT2D eigenvalue weighted by Crippen LogP contribution is -2.30. The summed E-state index contributed by atoms with van der Waals surface area (Å²) in [6, 6.07) is 6.86. The molecule has 18 heavy (non-hydrogen) atoms. The van der Waals surface area contributed by atoms with E-state index in [2.05, 4.69) is 5.32 Å². The molecule has 0 bridgehead atoms. The molecule has 0 aliphatic carbocycles. The Balaban J connectivity index is 2.23. The summed E-state index contributed by atoms with van der Waals surface area (Å²) in [4.78, 5) is 24.4. The van der Waals surface area contributed by atoms with E-state index in [0.29, 0.717) is 12.2 Å². The molecule has 3 amide bonds. The highest BCUT2D eigenvalue weighted by atomic mass is 16.5. The second-order valence-electron chi connectivity index (χ2n) is 3.81. The zero-order chi connectivity index (χ0) is 13.1. The van der Waals surface area contributed by atoms with Gasteiger partial charge in [-0.1, -0.05) is 12.1 Å². The standard InChI is InChI=1S/C13H14N2O3/c1-3-15-12(16)11(14-13(15)17)8-9-4-6-10(18-2)7-5-9/h4-8H,3H2,1-2H3,(H,14,17)/b11-8+. The van der Waals surface area contributed by atoms with Crippen molar-refractivity contribution in [3.05, 3.63) is 35.5 Å². The van der Waals surface area contributed by atoms with Crippen molar-refractivity contribution >= 4 is 18.0 Å². The maximum absolute atomic E-state index is 11.8. The number of benzene rings is 1. The fourth-order valence-electron chi connectivity index (χ4n) is 1.73. The van der Waals surface area contributed by atoms with E-state index in [0.717, 1.165) is 16.2 Å². The number of nitrogens with zero attached hydrogens (tertiary/aromatic N) is 1. The number of imide groups is 1. The average molecular weight is 246 g/mol. The number of carbonyl (C=O) groups is 2. The number of likely N-dealkylation sites (N-methyl/N-ethyl adjacent to an activating group) is 1. The third-order valence-electron chi connectivity index (χ3n) is 2.71. The van der Waals surface area contributed by atoms with Gasteiger partial charge >= 0.3 is 6.03 Å². The van der Waals surface area contributed by atoms with Gasteiger partial charge in [-0.15, -0.1) is 0 Å². The summed E-state index contributed by atoms with van der Waals surface area (Å²) >= 11 is 0. The highest BCUT2D eigenvalue weighted by Gasteiger charge is 2.31. The highest BCUT2D eigenvalue weighted by molar-refractivity contribution is 6.13. The maximum atomic E-state index is 11.8. The van der Waals surface area contributed by atoms with Crippen molar-refractivity contribution in [2.24, 2.45) is 0 Å². The Morgan fingerprint density at radius 3 is 2.44 bits per heavy atom. The molecule has 0 aromatic heterocycles. The number of urea groups is 1. The minimum absolute atomic E-state index is 0.293. The molecule has 0 atom stereocenters. The van der Waals surface area contributed by atoms with Crippen LogP contribution < -0.4 is 10.1 Å². The number of hydrogen-bond donors (Lipinski definition) is 1. The number of rotatable bonds is 3. The number of methoxy groups -OCH3 is 1. The number of nitrogens with one attached hydrogen (secondary N) is 1. The van der Waals surface area contributed by atoms with Crippen molar-refractivity contribution in [3.63, 3.8) is 0 Å². The van der Waals surface area contributed by atoms with Crippen molar-refractivity contribution in [2.45, 2.75) is 6.92 Å². The first-order chi connectivity index (χ1) is 8.65. The number of ether oxygens (including phenoxy) is 1. The van der Waals surface area contributed by atoms with Crippen LogP contribution in [0, 0.1) is 0 Å². The summed E-state index contributed by atoms with van der Waals surface area (Å²) in [7, 11) is 1.59. The molecule has 5 nitrogen and oxygen atoms in total. The Labute approximate surface area is 105 Å². The fourth-order valence-corrected chi connectivity index (χ4v) is 1.73. The molecule has 1 aromatic rings. The van der Waals surface area contributed by atoms with Gasteiger partial charge in [0.05, 0.1) is 7.11 Å². The Kier molecular flexibility index (Phi) is 3.32. The lowest BCUT2D eigenvalue weighted by atomic mass is 10.2. The fraction of sp³-hybridized carbons (Fsp3) is 0.231. The van der Waals surface area contributed by atoms with Crippen LogP contribution in [-0.2, 0) is 4.79 Å². The number of carbonyl (C=O) groups excluding carboxylic acids is 2. The molecule has 0 spiro atoms. The van der Waals surface area contributed by atoms with Crippen LogP contribution in [-0.4, -0.2) is 30.5 Å². The first-order valence-electron chi connectivity index (χ1n) is 5.64. The van der Waals surface area contributed by atoms with Gasteiger partial charge in [0.1, 0.15) is 11.4 Å². The van der Waals surface area contributed by atoms with Crippen LogP contribution in [0.25, 0.3) is 6.08 Å². The molecule has 1 fully saturated rings. The van der Waals surface area contributed by atoms with E-state index in [1.807, 2.05) is 12.1 Å². The van der Waals surface area contributed by atoms with Crippen molar-refractivity contribution in [1.82, 2.24) is 10.2 Å². The lowest BCUT2D eigenvalue weighted by molar-refractivity contribution is -0.122. The van der Waals surface area contributed by atoms with Crippen LogP contribution in [0.3, 0.4) is 0 Å². The molecular formula is C13H14N2O3. The quantitative estimate of drug-likeness (QED) is 0.651. The summed E-state index contributed by atoms with van der Waals surface area (Å²) < 4.78 is 5.05. The second-order valence-corrected chi connectivity index (χ2v) is 3.81. The van der Waals surface area contributed by atoms with Gasteiger partial charge < -0.3 is 10.1 Å². The molecule has 1 aliphatic heterocycles. The monoisotopic (exact) mass is 246 g/mol. The van der Waals surface area contributed by atoms with Crippen molar-refractivity contribution in [3.8, 4) is 5.75 Å². The summed E-state index contributed by atoms with van der Waals surface area (Å²) in [5.41, 5.74) is 1.13. The SMILES string of the molecule is CCN1C(=O)N/C(=C/c2ccc(OC)cc2)C1=O. The van der Waals surface area contributed by atoms with Gasteiger partial charge in [0, 0.05) is 6.54 Å². The molecule has 1 N–H and O–H groups in total. The Morgan fingerprint density at radius 2 is 1.94 bits per heavy atom. The topological polar surface area (TPSA) is 58.6 Å². The highest BCUT2D eigenvalue weighted by Crippen LogP contribution is 2.16. The molecule has 2 rings (SSSR count). The molecule has 1 aliphatic rings. The van der Waals surface area contributed by atoms with Gasteiger partial charge in [-0.05, 0) is 30.7 Å². The molecule has 1 heterocycles. The van der Waals surface area contributed by atoms with Crippen LogP contribution in [0.5, 0.6) is 5.75 Å². The van der Waals surface area contributed by atoms with Crippen molar-refractivity contribution in [1.29, 1.82) is 0 Å². The molecule has 0 unspecified atom stereocenters. The average Bonchev–Trinajstić information content (AvgIpc) is 2.65. The van der Waals surface area contributed by atoms with Crippen LogP contribution in [0.2, 0.25) is 0 Å². The summed E-state index contributed by atoms with van der Waals surface area (Å²) in [6.45, 7) is 2.12. The normalized spacial score (nSPS) is 17.2. The zero-order valence-corrected chi connectivity index (χ0v) is 10.3. The van der Waals surface area contributed by atoms with E-state index < -0.39 is 0 Å². The van der Waals surface area contributed by atoms with Gasteiger partial charge in [-0.3, -0.25) is 9.69 Å². The van der Waals surface area contributed by atoms with Crippen LogP contribution in [0.15, 0.2) is 30.0 Å². The van der Waals surface area contributed by atoms with E-state index in [9.17, 15) is 9.59 Å². The van der Waals surface area contributed by atoms with E-state index in [1.165, 1.54) is 0 Å². The molecule has 0 radical (unpaired) electrons. The molecule has 1 aromatic carbocycles. The van der Waals surface area contributed by atoms with E-state index >= 15 is 0 Å². The first-order valence-corrected chi connectivity index (χ1v) is 5.64. The molecular weight excluding hydrogens is 232 g/mol. The summed E-state index contributed by atoms with van der Waals surface area (Å²) in [5.74, 6) is 0.451. The van der Waals surface area contributed by atoms with Crippen LogP contribution >= 0.6 is 0 Å². The van der Waals surface area contributed by atoms with Gasteiger partial charge in [0.15, 0.2) is 0 Å². The largest absolute Gasteiger partial charge is 0.497 e. The van der Waals surface area contributed by atoms with Gasteiger partial charge in [0.25, 0.3) is 5.91 Å². The molecule has 5 heteroatoms. The maximum Gasteiger partial charge on any atom is 0.328 e. The van der Waals surface area contributed by atoms with Gasteiger partial charge in [-0.25, -0.2) is 4.79 Å². The first kappa shape index (κ1) is 12.2. The minimum Gasteiger partial charge on any atom is -0.497 e. The molecule has 94 valence electrons. The van der Waals surface area contributed by atoms with Gasteiger partial charge in [-0.2, -0.15) is 0 Å². The lowest BCUT2D eigenvalue weighted by Gasteiger charge is -2.06. The predicted octanol–water partition coefficient (Wildman–Crippen LogP) is 1.61.